The number of hydrogen-bond donors (Lipinski definition) is 2. The highest BCUT2D eigenvalue weighted by Gasteiger charge is 2.52. The van der Waals surface area contributed by atoms with E-state index in [0.29, 0.717) is 13.1 Å². The minimum Gasteiger partial charge on any atom is -0.319 e. The lowest BCUT2D eigenvalue weighted by molar-refractivity contribution is -0.901. The van der Waals surface area contributed by atoms with Crippen molar-refractivity contribution in [2.24, 2.45) is 0 Å². The fraction of sp³-hybridized carbons (Fsp3) is 0.333. The molecule has 1 saturated heterocycles. The van der Waals surface area contributed by atoms with Crippen LogP contribution in [0.3, 0.4) is 0 Å². The Kier molecular flexibility index (Phi) is 4.69. The van der Waals surface area contributed by atoms with Gasteiger partial charge < -0.3 is 10.2 Å². The van der Waals surface area contributed by atoms with Crippen molar-refractivity contribution >= 4 is 23.3 Å². The summed E-state index contributed by atoms with van der Waals surface area (Å²) in [6.45, 7) is 3.07. The maximum Gasteiger partial charge on any atom is 0.329 e. The summed E-state index contributed by atoms with van der Waals surface area (Å²) >= 11 is 1.65. The number of thiophene rings is 1. The molecule has 0 radical (unpaired) electrons. The molecule has 1 aromatic carbocycles. The summed E-state index contributed by atoms with van der Waals surface area (Å²) in [7, 11) is 1.99. The summed E-state index contributed by atoms with van der Waals surface area (Å²) in [6.07, 6.45) is 0.529. The van der Waals surface area contributed by atoms with Crippen molar-refractivity contribution in [1.82, 2.24) is 10.2 Å². The lowest BCUT2D eigenvalue weighted by Crippen LogP contribution is -3.09. The van der Waals surface area contributed by atoms with E-state index in [1.165, 1.54) is 10.5 Å². The number of hydrogen-bond acceptors (Lipinski definition) is 3. The highest BCUT2D eigenvalue weighted by molar-refractivity contribution is 7.07. The van der Waals surface area contributed by atoms with E-state index < -0.39 is 5.54 Å². The molecule has 1 fully saturated rings. The Bertz CT molecular complexity index is 717. The molecule has 2 heterocycles. The molecule has 2 aromatic rings. The number of carbonyl (C=O) groups excluding carboxylic acids is 2. The zero-order chi connectivity index (χ0) is 17.2. The first kappa shape index (κ1) is 16.7. The van der Waals surface area contributed by atoms with Crippen LogP contribution in [-0.4, -0.2) is 30.6 Å². The number of nitrogens with one attached hydrogen (secondary N) is 2. The van der Waals surface area contributed by atoms with E-state index in [2.05, 4.69) is 16.8 Å². The maximum absolute atomic E-state index is 13.0. The first-order chi connectivity index (χ1) is 11.6. The summed E-state index contributed by atoms with van der Waals surface area (Å²) in [5, 5.41) is 7.05. The van der Waals surface area contributed by atoms with Crippen molar-refractivity contribution in [1.29, 1.82) is 0 Å². The van der Waals surface area contributed by atoms with Crippen molar-refractivity contribution in [2.45, 2.75) is 25.4 Å². The Hall–Kier alpha value is -2.18. The largest absolute Gasteiger partial charge is 0.329 e. The second kappa shape index (κ2) is 6.75. The third kappa shape index (κ3) is 2.95. The van der Waals surface area contributed by atoms with E-state index in [1.807, 2.05) is 49.7 Å². The highest BCUT2D eigenvalue weighted by atomic mass is 32.1. The van der Waals surface area contributed by atoms with Crippen LogP contribution in [0.5, 0.6) is 0 Å². The van der Waals surface area contributed by atoms with E-state index in [1.54, 1.807) is 11.3 Å². The number of benzene rings is 1. The maximum atomic E-state index is 13.0. The van der Waals surface area contributed by atoms with Crippen LogP contribution >= 0.6 is 11.3 Å². The van der Waals surface area contributed by atoms with Gasteiger partial charge in [-0.2, -0.15) is 11.3 Å². The van der Waals surface area contributed by atoms with Gasteiger partial charge in [0, 0.05) is 5.56 Å². The number of carbonyl (C=O) groups is 2. The number of amides is 3. The van der Waals surface area contributed by atoms with Gasteiger partial charge >= 0.3 is 6.03 Å². The molecule has 2 N–H and O–H groups in total. The Morgan fingerprint density at radius 3 is 2.58 bits per heavy atom. The number of quaternary nitrogens is 1. The van der Waals surface area contributed by atoms with Crippen molar-refractivity contribution in [2.75, 3.05) is 13.7 Å². The second-order valence-corrected chi connectivity index (χ2v) is 6.99. The van der Waals surface area contributed by atoms with Crippen LogP contribution in [0.25, 0.3) is 0 Å². The van der Waals surface area contributed by atoms with Gasteiger partial charge in [-0.3, -0.25) is 4.79 Å². The van der Waals surface area contributed by atoms with E-state index in [9.17, 15) is 9.59 Å². The van der Waals surface area contributed by atoms with Crippen LogP contribution in [0.1, 0.15) is 24.5 Å². The zero-order valence-electron chi connectivity index (χ0n) is 13.9. The Morgan fingerprint density at radius 1 is 1.21 bits per heavy atom. The third-order valence-electron chi connectivity index (χ3n) is 4.49. The molecule has 2 atom stereocenters. The highest BCUT2D eigenvalue weighted by Crippen LogP contribution is 2.31. The molecule has 6 heteroatoms. The third-order valence-corrected chi connectivity index (χ3v) is 5.22. The SMILES string of the molecule is CC[C@@]1(c2ccccc2)NC(=O)N(C[NH+](C)Cc2ccsc2)C1=O. The molecule has 0 spiro atoms. The van der Waals surface area contributed by atoms with E-state index in [0.717, 1.165) is 17.0 Å². The van der Waals surface area contributed by atoms with Gasteiger partial charge in [-0.1, -0.05) is 37.3 Å². The average Bonchev–Trinajstić information content (AvgIpc) is 3.18. The van der Waals surface area contributed by atoms with Crippen LogP contribution in [-0.2, 0) is 16.9 Å². The smallest absolute Gasteiger partial charge is 0.319 e. The molecule has 1 aliphatic rings. The first-order valence-corrected chi connectivity index (χ1v) is 9.03. The lowest BCUT2D eigenvalue weighted by Gasteiger charge is -2.26. The van der Waals surface area contributed by atoms with Gasteiger partial charge in [0.15, 0.2) is 6.67 Å². The summed E-state index contributed by atoms with van der Waals surface area (Å²) < 4.78 is 0. The van der Waals surface area contributed by atoms with Gasteiger partial charge in [-0.25, -0.2) is 9.69 Å². The number of rotatable bonds is 6. The zero-order valence-corrected chi connectivity index (χ0v) is 14.7. The van der Waals surface area contributed by atoms with Crippen molar-refractivity contribution in [3.8, 4) is 0 Å². The first-order valence-electron chi connectivity index (χ1n) is 8.09. The van der Waals surface area contributed by atoms with E-state index >= 15 is 0 Å². The van der Waals surface area contributed by atoms with Crippen LogP contribution in [0, 0.1) is 0 Å². The van der Waals surface area contributed by atoms with E-state index in [4.69, 9.17) is 0 Å². The predicted octanol–water partition coefficient (Wildman–Crippen LogP) is 1.58. The topological polar surface area (TPSA) is 53.9 Å². The van der Waals surface area contributed by atoms with E-state index in [-0.39, 0.29) is 11.9 Å². The summed E-state index contributed by atoms with van der Waals surface area (Å²) in [5.41, 5.74) is 1.11. The van der Waals surface area contributed by atoms with Crippen molar-refractivity contribution in [3.63, 3.8) is 0 Å². The molecule has 0 saturated carbocycles. The average molecular weight is 344 g/mol. The molecule has 1 aromatic heterocycles. The molecule has 0 bridgehead atoms. The van der Waals surface area contributed by atoms with Gasteiger partial charge in [0.25, 0.3) is 5.91 Å². The second-order valence-electron chi connectivity index (χ2n) is 6.21. The Labute approximate surface area is 145 Å². The predicted molar refractivity (Wildman–Crippen MR) is 93.6 cm³/mol. The summed E-state index contributed by atoms with van der Waals surface area (Å²) in [5.74, 6) is -0.161. The van der Waals surface area contributed by atoms with Crippen molar-refractivity contribution in [3.05, 3.63) is 58.3 Å². The molecule has 5 nitrogen and oxygen atoms in total. The van der Waals surface area contributed by atoms with Gasteiger partial charge in [0.2, 0.25) is 0 Å². The minimum absolute atomic E-state index is 0.161. The molecule has 1 aliphatic heterocycles. The molecule has 3 rings (SSSR count). The minimum atomic E-state index is -0.943. The Balaban J connectivity index is 1.78. The fourth-order valence-corrected chi connectivity index (χ4v) is 3.87. The molecule has 1 unspecified atom stereocenters. The van der Waals surface area contributed by atoms with Crippen LogP contribution < -0.4 is 10.2 Å². The van der Waals surface area contributed by atoms with Crippen LogP contribution in [0.15, 0.2) is 47.2 Å². The summed E-state index contributed by atoms with van der Waals surface area (Å²) in [6, 6.07) is 11.2. The normalized spacial score (nSPS) is 21.8. The fourth-order valence-electron chi connectivity index (χ4n) is 3.20. The number of nitrogens with zero attached hydrogens (tertiary/aromatic N) is 1. The van der Waals surface area contributed by atoms with Gasteiger partial charge in [0.05, 0.1) is 7.05 Å². The lowest BCUT2D eigenvalue weighted by atomic mass is 9.87. The molecule has 24 heavy (non-hydrogen) atoms. The van der Waals surface area contributed by atoms with Crippen LogP contribution in [0.2, 0.25) is 0 Å². The molecule has 3 amide bonds. The molecular formula is C18H22N3O2S+. The number of urea groups is 1. The summed E-state index contributed by atoms with van der Waals surface area (Å²) in [4.78, 5) is 27.9. The molecular weight excluding hydrogens is 322 g/mol. The number of imide groups is 1. The van der Waals surface area contributed by atoms with Crippen LogP contribution in [0.4, 0.5) is 4.79 Å². The van der Waals surface area contributed by atoms with Gasteiger partial charge in [-0.05, 0) is 28.8 Å². The quantitative estimate of drug-likeness (QED) is 0.782. The Morgan fingerprint density at radius 2 is 1.96 bits per heavy atom. The monoisotopic (exact) mass is 344 g/mol. The van der Waals surface area contributed by atoms with Gasteiger partial charge in [-0.15, -0.1) is 0 Å². The molecule has 0 aliphatic carbocycles. The van der Waals surface area contributed by atoms with Gasteiger partial charge in [0.1, 0.15) is 12.1 Å². The van der Waals surface area contributed by atoms with Crippen molar-refractivity contribution < 1.29 is 14.5 Å². The standard InChI is InChI=1S/C18H21N3O2S/c1-3-18(15-7-5-4-6-8-15)16(22)21(17(23)19-18)13-20(2)11-14-9-10-24-12-14/h4-10,12H,3,11,13H2,1-2H3,(H,19,23)/p+1/t18-/m0/s1. The molecule has 126 valence electrons.